The molecule has 0 saturated carbocycles. The van der Waals surface area contributed by atoms with Crippen molar-refractivity contribution in [3.63, 3.8) is 0 Å². The van der Waals surface area contributed by atoms with Crippen LogP contribution in [-0.2, 0) is 9.47 Å². The summed E-state index contributed by atoms with van der Waals surface area (Å²) in [5.74, 6) is 0.950. The van der Waals surface area contributed by atoms with Gasteiger partial charge in [-0.2, -0.15) is 0 Å². The Morgan fingerprint density at radius 3 is 1.21 bits per heavy atom. The molecular formula is C25H53NO2. The van der Waals surface area contributed by atoms with Gasteiger partial charge in [0.2, 0.25) is 0 Å². The Morgan fingerprint density at radius 2 is 0.857 bits per heavy atom. The van der Waals surface area contributed by atoms with Gasteiger partial charge in [-0.25, -0.2) is 0 Å². The highest BCUT2D eigenvalue weighted by molar-refractivity contribution is 4.63. The Kier molecular flexibility index (Phi) is 23.1. The molecular weight excluding hydrogens is 346 g/mol. The predicted octanol–water partition coefficient (Wildman–Crippen LogP) is 7.09. The van der Waals surface area contributed by atoms with Crippen molar-refractivity contribution in [2.75, 3.05) is 48.1 Å². The van der Waals surface area contributed by atoms with Crippen molar-refractivity contribution in [1.82, 2.24) is 4.90 Å². The molecule has 0 unspecified atom stereocenters. The third kappa shape index (κ3) is 22.2. The van der Waals surface area contributed by atoms with Crippen molar-refractivity contribution >= 4 is 0 Å². The standard InChI is InChI=1S/C25H53NO2/c1-26(2)22-21-25(19-15-11-7-5-9-13-17-23-27-3)20-16-12-8-6-10-14-18-24-28-4/h25H,5-24H2,1-4H3. The van der Waals surface area contributed by atoms with Crippen LogP contribution in [0.25, 0.3) is 0 Å². The van der Waals surface area contributed by atoms with Crippen molar-refractivity contribution in [2.45, 2.75) is 109 Å². The first kappa shape index (κ1) is 27.9. The first-order valence-corrected chi connectivity index (χ1v) is 12.3. The van der Waals surface area contributed by atoms with Crippen LogP contribution in [0.3, 0.4) is 0 Å². The Hall–Kier alpha value is -0.120. The molecule has 3 heteroatoms. The largest absolute Gasteiger partial charge is 0.385 e. The van der Waals surface area contributed by atoms with E-state index in [1.54, 1.807) is 14.2 Å². The SMILES string of the molecule is COCCCCCCCCCC(CCCCCCCCCOC)CCN(C)C. The summed E-state index contributed by atoms with van der Waals surface area (Å²) in [5, 5.41) is 0. The molecule has 0 aromatic carbocycles. The molecule has 0 radical (unpaired) electrons. The molecule has 0 aliphatic carbocycles. The van der Waals surface area contributed by atoms with Gasteiger partial charge in [0.1, 0.15) is 0 Å². The highest BCUT2D eigenvalue weighted by Gasteiger charge is 2.09. The van der Waals surface area contributed by atoms with Crippen LogP contribution in [0, 0.1) is 5.92 Å². The van der Waals surface area contributed by atoms with Crippen LogP contribution in [-0.4, -0.2) is 53.0 Å². The lowest BCUT2D eigenvalue weighted by molar-refractivity contribution is 0.192. The molecule has 0 saturated heterocycles. The van der Waals surface area contributed by atoms with E-state index in [1.165, 1.54) is 116 Å². The molecule has 0 bridgehead atoms. The molecule has 170 valence electrons. The van der Waals surface area contributed by atoms with Crippen LogP contribution < -0.4 is 0 Å². The average molecular weight is 400 g/mol. The minimum absolute atomic E-state index is 0.932. The number of nitrogens with zero attached hydrogens (tertiary/aromatic N) is 1. The molecule has 0 N–H and O–H groups in total. The minimum atomic E-state index is 0.932. The molecule has 0 aromatic heterocycles. The Morgan fingerprint density at radius 1 is 0.500 bits per heavy atom. The summed E-state index contributed by atoms with van der Waals surface area (Å²) in [4.78, 5) is 2.35. The Labute approximate surface area is 177 Å². The van der Waals surface area contributed by atoms with E-state index in [2.05, 4.69) is 19.0 Å². The van der Waals surface area contributed by atoms with E-state index in [0.29, 0.717) is 0 Å². The van der Waals surface area contributed by atoms with Gasteiger partial charge in [0, 0.05) is 27.4 Å². The summed E-state index contributed by atoms with van der Waals surface area (Å²) >= 11 is 0. The van der Waals surface area contributed by atoms with E-state index in [9.17, 15) is 0 Å². The van der Waals surface area contributed by atoms with Crippen LogP contribution in [0.4, 0.5) is 0 Å². The zero-order chi connectivity index (χ0) is 20.7. The minimum Gasteiger partial charge on any atom is -0.385 e. The predicted molar refractivity (Wildman–Crippen MR) is 124 cm³/mol. The first-order valence-electron chi connectivity index (χ1n) is 12.3. The summed E-state index contributed by atoms with van der Waals surface area (Å²) < 4.78 is 10.2. The summed E-state index contributed by atoms with van der Waals surface area (Å²) in [6.07, 6.45) is 23.6. The molecule has 0 aliphatic heterocycles. The fourth-order valence-corrected chi connectivity index (χ4v) is 4.00. The first-order chi connectivity index (χ1) is 13.7. The molecule has 0 rings (SSSR count). The number of methoxy groups -OCH3 is 2. The maximum absolute atomic E-state index is 5.12. The Bertz CT molecular complexity index is 262. The average Bonchev–Trinajstić information content (AvgIpc) is 2.68. The monoisotopic (exact) mass is 399 g/mol. The van der Waals surface area contributed by atoms with E-state index >= 15 is 0 Å². The summed E-state index contributed by atoms with van der Waals surface area (Å²) in [7, 11) is 8.03. The molecule has 0 heterocycles. The van der Waals surface area contributed by atoms with Gasteiger partial charge < -0.3 is 14.4 Å². The third-order valence-electron chi connectivity index (χ3n) is 5.91. The van der Waals surface area contributed by atoms with Crippen molar-refractivity contribution in [1.29, 1.82) is 0 Å². The molecule has 0 spiro atoms. The fourth-order valence-electron chi connectivity index (χ4n) is 4.00. The topological polar surface area (TPSA) is 21.7 Å². The number of hydrogen-bond donors (Lipinski definition) is 0. The van der Waals surface area contributed by atoms with Gasteiger partial charge in [-0.1, -0.05) is 89.9 Å². The third-order valence-corrected chi connectivity index (χ3v) is 5.91. The molecule has 0 atom stereocenters. The van der Waals surface area contributed by atoms with Crippen LogP contribution >= 0.6 is 0 Å². The van der Waals surface area contributed by atoms with Crippen LogP contribution in [0.1, 0.15) is 109 Å². The van der Waals surface area contributed by atoms with Gasteiger partial charge in [-0.05, 0) is 45.8 Å². The summed E-state index contributed by atoms with van der Waals surface area (Å²) in [6, 6.07) is 0. The van der Waals surface area contributed by atoms with Gasteiger partial charge in [-0.15, -0.1) is 0 Å². The fraction of sp³-hybridized carbons (Fsp3) is 1.00. The molecule has 28 heavy (non-hydrogen) atoms. The lowest BCUT2D eigenvalue weighted by atomic mass is 9.91. The van der Waals surface area contributed by atoms with Crippen molar-refractivity contribution < 1.29 is 9.47 Å². The van der Waals surface area contributed by atoms with E-state index < -0.39 is 0 Å². The zero-order valence-corrected chi connectivity index (χ0v) is 20.0. The maximum atomic E-state index is 5.12. The highest BCUT2D eigenvalue weighted by Crippen LogP contribution is 2.22. The normalized spacial score (nSPS) is 11.8. The highest BCUT2D eigenvalue weighted by atomic mass is 16.5. The van der Waals surface area contributed by atoms with Crippen molar-refractivity contribution in [3.8, 4) is 0 Å². The van der Waals surface area contributed by atoms with Gasteiger partial charge in [0.25, 0.3) is 0 Å². The lowest BCUT2D eigenvalue weighted by Gasteiger charge is -2.19. The number of unbranched alkanes of at least 4 members (excludes halogenated alkanes) is 12. The van der Waals surface area contributed by atoms with Gasteiger partial charge in [0.15, 0.2) is 0 Å². The van der Waals surface area contributed by atoms with Crippen LogP contribution in [0.15, 0.2) is 0 Å². The van der Waals surface area contributed by atoms with E-state index in [0.717, 1.165) is 19.1 Å². The van der Waals surface area contributed by atoms with Gasteiger partial charge in [0.05, 0.1) is 0 Å². The van der Waals surface area contributed by atoms with E-state index in [-0.39, 0.29) is 0 Å². The smallest absolute Gasteiger partial charge is 0.0462 e. The number of ether oxygens (including phenoxy) is 2. The summed E-state index contributed by atoms with van der Waals surface area (Å²) in [6.45, 7) is 3.12. The second-order valence-electron chi connectivity index (χ2n) is 8.97. The van der Waals surface area contributed by atoms with Crippen LogP contribution in [0.5, 0.6) is 0 Å². The van der Waals surface area contributed by atoms with Crippen molar-refractivity contribution in [2.24, 2.45) is 5.92 Å². The molecule has 0 amide bonds. The molecule has 0 fully saturated rings. The Balaban J connectivity index is 3.65. The quantitative estimate of drug-likeness (QED) is 0.171. The second kappa shape index (κ2) is 23.2. The van der Waals surface area contributed by atoms with E-state index in [1.807, 2.05) is 0 Å². The zero-order valence-electron chi connectivity index (χ0n) is 20.0. The molecule has 0 aromatic rings. The van der Waals surface area contributed by atoms with Crippen LogP contribution in [0.2, 0.25) is 0 Å². The lowest BCUT2D eigenvalue weighted by Crippen LogP contribution is -2.17. The maximum Gasteiger partial charge on any atom is 0.0462 e. The number of hydrogen-bond acceptors (Lipinski definition) is 3. The van der Waals surface area contributed by atoms with Gasteiger partial charge in [-0.3, -0.25) is 0 Å². The second-order valence-corrected chi connectivity index (χ2v) is 8.97. The van der Waals surface area contributed by atoms with Gasteiger partial charge >= 0.3 is 0 Å². The van der Waals surface area contributed by atoms with Crippen molar-refractivity contribution in [3.05, 3.63) is 0 Å². The van der Waals surface area contributed by atoms with E-state index in [4.69, 9.17) is 9.47 Å². The molecule has 3 nitrogen and oxygen atoms in total. The molecule has 0 aliphatic rings. The summed E-state index contributed by atoms with van der Waals surface area (Å²) in [5.41, 5.74) is 0. The number of rotatable bonds is 23.